The minimum Gasteiger partial charge on any atom is -0.458 e. The molecule has 4 rings (SSSR count). The minimum atomic E-state index is -1.48. The lowest BCUT2D eigenvalue weighted by Gasteiger charge is -2.34. The summed E-state index contributed by atoms with van der Waals surface area (Å²) in [6.45, 7) is 13.2. The molecular formula is C19H22O7. The second kappa shape index (κ2) is 5.28. The smallest absolute Gasteiger partial charge is 0.334 e. The summed E-state index contributed by atoms with van der Waals surface area (Å²) >= 11 is 0. The summed E-state index contributed by atoms with van der Waals surface area (Å²) < 4.78 is 16.6. The molecule has 0 unspecified atom stereocenters. The Balaban J connectivity index is 1.78. The number of ether oxygens (including phenoxy) is 3. The molecule has 140 valence electrons. The first kappa shape index (κ1) is 17.5. The van der Waals surface area contributed by atoms with Crippen LogP contribution in [0.1, 0.15) is 19.8 Å². The van der Waals surface area contributed by atoms with Crippen molar-refractivity contribution in [3.63, 3.8) is 0 Å². The molecule has 2 aliphatic heterocycles. The number of hydrogen-bond donors (Lipinski definition) is 2. The number of esters is 2. The van der Waals surface area contributed by atoms with Gasteiger partial charge in [0.1, 0.15) is 17.8 Å². The Kier molecular flexibility index (Phi) is 3.54. The zero-order chi connectivity index (χ0) is 19.0. The van der Waals surface area contributed by atoms with E-state index in [0.29, 0.717) is 5.57 Å². The Morgan fingerprint density at radius 1 is 1.38 bits per heavy atom. The topological polar surface area (TPSA) is 106 Å². The molecule has 2 N–H and O–H groups in total. The van der Waals surface area contributed by atoms with Crippen LogP contribution in [-0.2, 0) is 23.8 Å². The van der Waals surface area contributed by atoms with Crippen LogP contribution >= 0.6 is 0 Å². The molecule has 26 heavy (non-hydrogen) atoms. The van der Waals surface area contributed by atoms with Gasteiger partial charge >= 0.3 is 11.9 Å². The number of aliphatic hydroxyl groups excluding tert-OH is 1. The maximum atomic E-state index is 12.2. The quantitative estimate of drug-likeness (QED) is 0.317. The van der Waals surface area contributed by atoms with E-state index in [-0.39, 0.29) is 30.6 Å². The molecule has 0 aromatic rings. The van der Waals surface area contributed by atoms with E-state index < -0.39 is 53.3 Å². The number of rotatable bonds is 2. The van der Waals surface area contributed by atoms with Gasteiger partial charge in [-0.05, 0) is 12.5 Å². The number of carbonyl (C=O) groups is 2. The lowest BCUT2D eigenvalue weighted by Crippen LogP contribution is -2.48. The zero-order valence-corrected chi connectivity index (χ0v) is 14.6. The molecule has 4 fully saturated rings. The van der Waals surface area contributed by atoms with E-state index in [0.717, 1.165) is 0 Å². The Bertz CT molecular complexity index is 749. The van der Waals surface area contributed by atoms with Crippen LogP contribution in [0.4, 0.5) is 0 Å². The van der Waals surface area contributed by atoms with E-state index >= 15 is 0 Å². The normalized spacial score (nSPS) is 46.4. The van der Waals surface area contributed by atoms with Crippen molar-refractivity contribution in [3.05, 3.63) is 36.5 Å². The minimum absolute atomic E-state index is 0.0326. The lowest BCUT2D eigenvalue weighted by molar-refractivity contribution is -0.151. The van der Waals surface area contributed by atoms with Crippen LogP contribution in [0.25, 0.3) is 0 Å². The molecule has 2 heterocycles. The Labute approximate surface area is 150 Å². The van der Waals surface area contributed by atoms with Gasteiger partial charge in [-0.15, -0.1) is 0 Å². The molecule has 7 atom stereocenters. The first-order valence-electron chi connectivity index (χ1n) is 8.61. The summed E-state index contributed by atoms with van der Waals surface area (Å²) in [5.74, 6) is -2.53. The van der Waals surface area contributed by atoms with Crippen LogP contribution in [0, 0.1) is 11.8 Å². The highest BCUT2D eigenvalue weighted by atomic mass is 16.6. The third kappa shape index (κ3) is 2.11. The number of epoxide rings is 1. The fraction of sp³-hybridized carbons (Fsp3) is 0.579. The number of fused-ring (bicyclic) bond motifs is 4. The summed E-state index contributed by atoms with van der Waals surface area (Å²) in [6, 6.07) is 0. The third-order valence-electron chi connectivity index (χ3n) is 6.24. The van der Waals surface area contributed by atoms with Gasteiger partial charge in [0.15, 0.2) is 0 Å². The maximum Gasteiger partial charge on any atom is 0.334 e. The molecule has 2 saturated heterocycles. The highest BCUT2D eigenvalue weighted by Crippen LogP contribution is 2.61. The standard InChI is InChI=1S/C19H22O7/c1-8(2)16(21)25-11-5-9(3)18(23)6-12(20)19(7-24-19)15(18)14-13(11)10(4)17(22)26-14/h11-15,20,23H,1,3-7H2,2H3/t11-,12-,13+,14-,15+,18+,19+/m0/s1. The third-order valence-corrected chi connectivity index (χ3v) is 6.24. The van der Waals surface area contributed by atoms with Crippen LogP contribution in [-0.4, -0.2) is 58.3 Å². The maximum absolute atomic E-state index is 12.2. The molecule has 1 spiro atoms. The van der Waals surface area contributed by atoms with Crippen molar-refractivity contribution in [2.75, 3.05) is 6.61 Å². The second-order valence-corrected chi connectivity index (χ2v) is 7.82. The van der Waals surface area contributed by atoms with E-state index in [2.05, 4.69) is 19.7 Å². The average molecular weight is 362 g/mol. The zero-order valence-electron chi connectivity index (χ0n) is 14.6. The summed E-state index contributed by atoms with van der Waals surface area (Å²) in [5.41, 5.74) is -1.62. The first-order chi connectivity index (χ1) is 12.1. The van der Waals surface area contributed by atoms with Gasteiger partial charge in [0, 0.05) is 24.0 Å². The van der Waals surface area contributed by atoms with Crippen molar-refractivity contribution < 1.29 is 34.0 Å². The van der Waals surface area contributed by atoms with Gasteiger partial charge in [-0.2, -0.15) is 0 Å². The lowest BCUT2D eigenvalue weighted by atomic mass is 9.76. The second-order valence-electron chi connectivity index (χ2n) is 7.82. The van der Waals surface area contributed by atoms with Crippen molar-refractivity contribution >= 4 is 11.9 Å². The molecule has 2 aliphatic carbocycles. The molecule has 7 heteroatoms. The largest absolute Gasteiger partial charge is 0.458 e. The Morgan fingerprint density at radius 2 is 2.04 bits per heavy atom. The Morgan fingerprint density at radius 3 is 2.62 bits per heavy atom. The van der Waals surface area contributed by atoms with Crippen LogP contribution in [0.5, 0.6) is 0 Å². The molecule has 2 saturated carbocycles. The van der Waals surface area contributed by atoms with Crippen LogP contribution < -0.4 is 0 Å². The van der Waals surface area contributed by atoms with Crippen molar-refractivity contribution in [3.8, 4) is 0 Å². The monoisotopic (exact) mass is 362 g/mol. The van der Waals surface area contributed by atoms with Gasteiger partial charge in [0.05, 0.1) is 30.1 Å². The summed E-state index contributed by atoms with van der Waals surface area (Å²) in [4.78, 5) is 24.3. The van der Waals surface area contributed by atoms with Gasteiger partial charge < -0.3 is 24.4 Å². The number of aliphatic hydroxyl groups is 2. The fourth-order valence-corrected chi connectivity index (χ4v) is 4.79. The highest BCUT2D eigenvalue weighted by Gasteiger charge is 2.75. The van der Waals surface area contributed by atoms with Crippen LogP contribution in [0.3, 0.4) is 0 Å². The van der Waals surface area contributed by atoms with E-state index in [1.807, 2.05) is 0 Å². The summed E-state index contributed by atoms with van der Waals surface area (Å²) in [5, 5.41) is 21.8. The first-order valence-corrected chi connectivity index (χ1v) is 8.61. The fourth-order valence-electron chi connectivity index (χ4n) is 4.79. The van der Waals surface area contributed by atoms with Crippen LogP contribution in [0.2, 0.25) is 0 Å². The highest BCUT2D eigenvalue weighted by molar-refractivity contribution is 5.91. The van der Waals surface area contributed by atoms with Gasteiger partial charge in [0.25, 0.3) is 0 Å². The summed E-state index contributed by atoms with van der Waals surface area (Å²) in [7, 11) is 0. The molecule has 0 aromatic heterocycles. The van der Waals surface area contributed by atoms with Crippen molar-refractivity contribution in [1.82, 2.24) is 0 Å². The van der Waals surface area contributed by atoms with Crippen molar-refractivity contribution in [1.29, 1.82) is 0 Å². The van der Waals surface area contributed by atoms with Gasteiger partial charge in [-0.3, -0.25) is 0 Å². The van der Waals surface area contributed by atoms with Crippen molar-refractivity contribution in [2.24, 2.45) is 11.8 Å². The van der Waals surface area contributed by atoms with E-state index in [9.17, 15) is 19.8 Å². The molecule has 0 radical (unpaired) electrons. The predicted octanol–water partition coefficient (Wildman–Crippen LogP) is 0.413. The predicted molar refractivity (Wildman–Crippen MR) is 88.7 cm³/mol. The van der Waals surface area contributed by atoms with Crippen LogP contribution in [0.15, 0.2) is 36.5 Å². The molecule has 0 amide bonds. The molecule has 0 aromatic carbocycles. The number of carbonyl (C=O) groups excluding carboxylic acids is 2. The van der Waals surface area contributed by atoms with E-state index in [1.165, 1.54) is 6.92 Å². The van der Waals surface area contributed by atoms with E-state index in [4.69, 9.17) is 14.2 Å². The molecule has 7 nitrogen and oxygen atoms in total. The summed E-state index contributed by atoms with van der Waals surface area (Å²) in [6.07, 6.45) is -2.31. The Hall–Kier alpha value is -1.96. The number of hydrogen-bond acceptors (Lipinski definition) is 7. The molecule has 0 bridgehead atoms. The van der Waals surface area contributed by atoms with Gasteiger partial charge in [-0.1, -0.05) is 19.7 Å². The SMILES string of the molecule is C=C(C)C(=O)O[C@H]1CC(=C)[C@]2(O)C[C@H](O)[C@]3(CO3)[C@@H]2[C@H]2OC(=O)C(=C)[C@@H]21. The van der Waals surface area contributed by atoms with Gasteiger partial charge in [0.2, 0.25) is 0 Å². The average Bonchev–Trinajstić information content (AvgIpc) is 3.25. The van der Waals surface area contributed by atoms with Gasteiger partial charge in [-0.25, -0.2) is 9.59 Å². The van der Waals surface area contributed by atoms with Crippen molar-refractivity contribution in [2.45, 2.75) is 49.3 Å². The molecule has 4 aliphatic rings. The van der Waals surface area contributed by atoms with E-state index in [1.54, 1.807) is 0 Å². The molecular weight excluding hydrogens is 340 g/mol.